The van der Waals surface area contributed by atoms with Gasteiger partial charge in [0, 0.05) is 5.39 Å². The zero-order valence-electron chi connectivity index (χ0n) is 19.1. The third kappa shape index (κ3) is 2.24. The molecule has 8 rings (SSSR count). The molecule has 0 aromatic heterocycles. The summed E-state index contributed by atoms with van der Waals surface area (Å²) in [4.78, 5) is 0. The molecule has 1 N–H and O–H groups in total. The topological polar surface area (TPSA) is 20.2 Å². The summed E-state index contributed by atoms with van der Waals surface area (Å²) in [5, 5.41) is 15.7. The van der Waals surface area contributed by atoms with Gasteiger partial charge in [-0.2, -0.15) is 0 Å². The lowest BCUT2D eigenvalue weighted by molar-refractivity contribution is 0.481. The van der Waals surface area contributed by atoms with Gasteiger partial charge in [-0.25, -0.2) is 0 Å². The molecule has 1 spiro atoms. The maximum atomic E-state index is 11.0. The molecule has 2 aliphatic rings. The maximum Gasteiger partial charge on any atom is 0.123 e. The molecule has 6 aromatic rings. The number of phenolic OH excluding ortho intramolecular Hbond substituents is 1. The molecule has 2 aliphatic carbocycles. The first-order valence-corrected chi connectivity index (χ1v) is 12.2. The number of rotatable bonds is 0. The first-order valence-electron chi connectivity index (χ1n) is 12.2. The van der Waals surface area contributed by atoms with Crippen LogP contribution in [0.4, 0.5) is 0 Å². The van der Waals surface area contributed by atoms with E-state index in [0.29, 0.717) is 5.75 Å². The summed E-state index contributed by atoms with van der Waals surface area (Å²) >= 11 is 0. The monoisotopic (exact) mass is 446 g/mol. The molecule has 0 radical (unpaired) electrons. The second-order valence-electron chi connectivity index (χ2n) is 9.81. The maximum absolute atomic E-state index is 11.0. The van der Waals surface area contributed by atoms with Gasteiger partial charge < -0.3 is 5.11 Å². The summed E-state index contributed by atoms with van der Waals surface area (Å²) in [7, 11) is 0. The Bertz CT molecular complexity index is 1790. The van der Waals surface area contributed by atoms with Gasteiger partial charge in [0.25, 0.3) is 0 Å². The summed E-state index contributed by atoms with van der Waals surface area (Å²) < 4.78 is 0. The highest BCUT2D eigenvalue weighted by molar-refractivity contribution is 6.03. The van der Waals surface area contributed by atoms with Crippen molar-refractivity contribution in [2.45, 2.75) is 11.8 Å². The molecule has 6 aromatic carbocycles. The number of benzene rings is 6. The van der Waals surface area contributed by atoms with Crippen LogP contribution in [0.3, 0.4) is 0 Å². The van der Waals surface area contributed by atoms with Crippen molar-refractivity contribution in [1.29, 1.82) is 0 Å². The van der Waals surface area contributed by atoms with Gasteiger partial charge in [0.1, 0.15) is 5.75 Å². The Balaban J connectivity index is 1.71. The summed E-state index contributed by atoms with van der Waals surface area (Å²) in [6, 6.07) is 41.7. The van der Waals surface area contributed by atoms with Crippen LogP contribution < -0.4 is 0 Å². The quantitative estimate of drug-likeness (QED) is 0.250. The summed E-state index contributed by atoms with van der Waals surface area (Å²) in [6.07, 6.45) is 0.835. The molecule has 0 bridgehead atoms. The summed E-state index contributed by atoms with van der Waals surface area (Å²) in [5.74, 6) is 0.340. The van der Waals surface area contributed by atoms with Crippen LogP contribution in [-0.2, 0) is 11.8 Å². The molecule has 0 fully saturated rings. The van der Waals surface area contributed by atoms with Crippen molar-refractivity contribution in [2.24, 2.45) is 0 Å². The normalized spacial score (nSPS) is 14.5. The molecule has 0 saturated carbocycles. The van der Waals surface area contributed by atoms with E-state index in [9.17, 15) is 5.11 Å². The minimum absolute atomic E-state index is 0.340. The molecule has 1 nitrogen and oxygen atoms in total. The van der Waals surface area contributed by atoms with Crippen LogP contribution in [0, 0.1) is 0 Å². The van der Waals surface area contributed by atoms with Crippen LogP contribution in [0.15, 0.2) is 115 Å². The number of hydrogen-bond acceptors (Lipinski definition) is 1. The Morgan fingerprint density at radius 3 is 1.80 bits per heavy atom. The van der Waals surface area contributed by atoms with E-state index < -0.39 is 5.41 Å². The van der Waals surface area contributed by atoms with Gasteiger partial charge >= 0.3 is 0 Å². The van der Waals surface area contributed by atoms with Crippen LogP contribution in [-0.4, -0.2) is 5.11 Å². The van der Waals surface area contributed by atoms with Gasteiger partial charge in [0.2, 0.25) is 0 Å². The second-order valence-corrected chi connectivity index (χ2v) is 9.81. The standard InChI is InChI=1S/C34H22O/c35-31-19-18-23-20-22-10-5-8-21-9-6-16-29(32(21)22)34(30-17-7-13-26(31)33(23)30)27-14-3-1-11-24(27)25-12-2-4-15-28(25)34/h1-19,35H,20H2. The lowest BCUT2D eigenvalue weighted by Crippen LogP contribution is -2.30. The molecule has 35 heavy (non-hydrogen) atoms. The highest BCUT2D eigenvalue weighted by Gasteiger charge is 2.48. The molecule has 0 aliphatic heterocycles. The van der Waals surface area contributed by atoms with E-state index in [1.807, 2.05) is 6.07 Å². The highest BCUT2D eigenvalue weighted by atomic mass is 16.3. The Morgan fingerprint density at radius 2 is 1.06 bits per heavy atom. The van der Waals surface area contributed by atoms with E-state index in [1.165, 1.54) is 60.7 Å². The van der Waals surface area contributed by atoms with Gasteiger partial charge in [-0.05, 0) is 73.2 Å². The number of aromatic hydroxyl groups is 1. The van der Waals surface area contributed by atoms with Crippen LogP contribution in [0.5, 0.6) is 5.75 Å². The third-order valence-corrected chi connectivity index (χ3v) is 8.24. The third-order valence-electron chi connectivity index (χ3n) is 8.24. The van der Waals surface area contributed by atoms with E-state index in [1.54, 1.807) is 0 Å². The summed E-state index contributed by atoms with van der Waals surface area (Å²) in [5.41, 5.74) is 9.89. The van der Waals surface area contributed by atoms with E-state index in [0.717, 1.165) is 11.8 Å². The number of fused-ring (bicyclic) bond motifs is 7. The molecule has 1 heteroatoms. The smallest absolute Gasteiger partial charge is 0.123 e. The average molecular weight is 447 g/mol. The average Bonchev–Trinajstić information content (AvgIpc) is 3.20. The first kappa shape index (κ1) is 19.0. The van der Waals surface area contributed by atoms with E-state index >= 15 is 0 Å². The van der Waals surface area contributed by atoms with Crippen LogP contribution >= 0.6 is 0 Å². The zero-order valence-corrected chi connectivity index (χ0v) is 19.1. The molecule has 0 saturated heterocycles. The fourth-order valence-electron chi connectivity index (χ4n) is 6.97. The van der Waals surface area contributed by atoms with E-state index in [2.05, 4.69) is 109 Å². The minimum atomic E-state index is -0.481. The molecular formula is C34H22O. The van der Waals surface area contributed by atoms with Crippen LogP contribution in [0.25, 0.3) is 32.7 Å². The van der Waals surface area contributed by atoms with Crippen molar-refractivity contribution in [3.05, 3.63) is 149 Å². The van der Waals surface area contributed by atoms with Crippen LogP contribution in [0.1, 0.15) is 33.4 Å². The zero-order chi connectivity index (χ0) is 23.1. The minimum Gasteiger partial charge on any atom is -0.507 e. The molecule has 0 heterocycles. The second kappa shape index (κ2) is 6.61. The lowest BCUT2D eigenvalue weighted by atomic mass is 9.63. The SMILES string of the molecule is Oc1ccc2c3c(cccc13)C1(c3ccccc3-c3ccccc31)c1cccc3cccc(c13)C2. The fraction of sp³-hybridized carbons (Fsp3) is 0.0588. The predicted octanol–water partition coefficient (Wildman–Crippen LogP) is 7.97. The van der Waals surface area contributed by atoms with Crippen LogP contribution in [0.2, 0.25) is 0 Å². The molecule has 0 atom stereocenters. The molecular weight excluding hydrogens is 424 g/mol. The number of hydrogen-bond donors (Lipinski definition) is 1. The van der Waals surface area contributed by atoms with Gasteiger partial charge in [0.15, 0.2) is 0 Å². The van der Waals surface area contributed by atoms with Gasteiger partial charge in [0.05, 0.1) is 5.41 Å². The van der Waals surface area contributed by atoms with Crippen molar-refractivity contribution in [3.63, 3.8) is 0 Å². The predicted molar refractivity (Wildman–Crippen MR) is 143 cm³/mol. The van der Waals surface area contributed by atoms with Gasteiger partial charge in [-0.1, -0.05) is 109 Å². The summed E-state index contributed by atoms with van der Waals surface area (Å²) in [6.45, 7) is 0. The Kier molecular flexibility index (Phi) is 3.59. The van der Waals surface area contributed by atoms with Crippen molar-refractivity contribution < 1.29 is 5.11 Å². The molecule has 0 amide bonds. The highest BCUT2D eigenvalue weighted by Crippen LogP contribution is 2.59. The molecule has 164 valence electrons. The van der Waals surface area contributed by atoms with E-state index in [-0.39, 0.29) is 0 Å². The van der Waals surface area contributed by atoms with Crippen molar-refractivity contribution in [2.75, 3.05) is 0 Å². The van der Waals surface area contributed by atoms with Gasteiger partial charge in [-0.3, -0.25) is 0 Å². The lowest BCUT2D eigenvalue weighted by Gasteiger charge is -2.38. The van der Waals surface area contributed by atoms with Gasteiger partial charge in [-0.15, -0.1) is 0 Å². The van der Waals surface area contributed by atoms with Crippen molar-refractivity contribution in [1.82, 2.24) is 0 Å². The van der Waals surface area contributed by atoms with Crippen molar-refractivity contribution in [3.8, 4) is 16.9 Å². The first-order chi connectivity index (χ1) is 17.3. The fourth-order valence-corrected chi connectivity index (χ4v) is 6.97. The Labute approximate surface area is 203 Å². The Morgan fingerprint density at radius 1 is 0.486 bits per heavy atom. The molecule has 0 unspecified atom stereocenters. The Hall–Kier alpha value is -4.36. The largest absolute Gasteiger partial charge is 0.507 e. The van der Waals surface area contributed by atoms with Crippen molar-refractivity contribution >= 4 is 21.5 Å². The van der Waals surface area contributed by atoms with E-state index in [4.69, 9.17) is 0 Å². The number of phenols is 1.